The Bertz CT molecular complexity index is 860. The van der Waals surface area contributed by atoms with Gasteiger partial charge in [0.2, 0.25) is 5.91 Å². The van der Waals surface area contributed by atoms with Crippen molar-refractivity contribution in [3.05, 3.63) is 47.5 Å². The third-order valence-electron chi connectivity index (χ3n) is 6.21. The number of hydrogen-bond acceptors (Lipinski definition) is 5. The molecule has 4 rings (SSSR count). The van der Waals surface area contributed by atoms with Crippen LogP contribution in [0.3, 0.4) is 0 Å². The van der Waals surface area contributed by atoms with Gasteiger partial charge in [-0.25, -0.2) is 0 Å². The Labute approximate surface area is 177 Å². The summed E-state index contributed by atoms with van der Waals surface area (Å²) < 4.78 is 0. The predicted octanol–water partition coefficient (Wildman–Crippen LogP) is 1.75. The van der Waals surface area contributed by atoms with E-state index in [9.17, 15) is 9.59 Å². The molecule has 1 unspecified atom stereocenters. The van der Waals surface area contributed by atoms with Gasteiger partial charge in [-0.15, -0.1) is 0 Å². The van der Waals surface area contributed by atoms with E-state index in [1.165, 1.54) is 0 Å². The van der Waals surface area contributed by atoms with Crippen LogP contribution in [0.2, 0.25) is 0 Å². The molecule has 2 aliphatic rings. The summed E-state index contributed by atoms with van der Waals surface area (Å²) in [7, 11) is 0. The molecule has 0 aromatic carbocycles. The zero-order valence-electron chi connectivity index (χ0n) is 17.5. The van der Waals surface area contributed by atoms with Crippen LogP contribution in [-0.4, -0.2) is 69.0 Å². The molecule has 0 saturated carbocycles. The van der Waals surface area contributed by atoms with Crippen molar-refractivity contribution in [1.82, 2.24) is 30.3 Å². The molecule has 2 amide bonds. The molecule has 30 heavy (non-hydrogen) atoms. The molecule has 0 aliphatic carbocycles. The Morgan fingerprint density at radius 2 is 2.07 bits per heavy atom. The van der Waals surface area contributed by atoms with E-state index >= 15 is 0 Å². The fourth-order valence-electron chi connectivity index (χ4n) is 4.51. The number of hydrogen-bond donors (Lipinski definition) is 2. The number of nitrogens with one attached hydrogen (secondary N) is 2. The Kier molecular flexibility index (Phi) is 6.42. The summed E-state index contributed by atoms with van der Waals surface area (Å²) in [5.41, 5.74) is 2.41. The molecule has 160 valence electrons. The van der Waals surface area contributed by atoms with Crippen molar-refractivity contribution in [2.45, 2.75) is 45.2 Å². The summed E-state index contributed by atoms with van der Waals surface area (Å²) in [5, 5.41) is 10.00. The van der Waals surface area contributed by atoms with E-state index in [1.807, 2.05) is 24.0 Å². The molecule has 2 saturated heterocycles. The van der Waals surface area contributed by atoms with Gasteiger partial charge in [-0.1, -0.05) is 6.07 Å². The van der Waals surface area contributed by atoms with Gasteiger partial charge in [0.15, 0.2) is 0 Å². The molecule has 8 heteroatoms. The highest BCUT2D eigenvalue weighted by molar-refractivity contribution is 5.92. The lowest BCUT2D eigenvalue weighted by atomic mass is 9.93. The molecule has 4 heterocycles. The lowest BCUT2D eigenvalue weighted by Crippen LogP contribution is -2.51. The average Bonchev–Trinajstić information content (AvgIpc) is 3.24. The van der Waals surface area contributed by atoms with E-state index in [0.717, 1.165) is 63.1 Å². The number of carbonyl (C=O) groups is 2. The van der Waals surface area contributed by atoms with Crippen LogP contribution < -0.4 is 5.32 Å². The molecule has 1 atom stereocenters. The molecule has 2 fully saturated rings. The lowest BCUT2D eigenvalue weighted by molar-refractivity contribution is -0.127. The number of aromatic amines is 1. The topological polar surface area (TPSA) is 94.2 Å². The predicted molar refractivity (Wildman–Crippen MR) is 113 cm³/mol. The quantitative estimate of drug-likeness (QED) is 0.783. The Morgan fingerprint density at radius 1 is 1.23 bits per heavy atom. The number of rotatable bonds is 5. The normalized spacial score (nSPS) is 20.8. The first-order valence-electron chi connectivity index (χ1n) is 10.8. The van der Waals surface area contributed by atoms with Gasteiger partial charge in [0.25, 0.3) is 5.91 Å². The highest BCUT2D eigenvalue weighted by Crippen LogP contribution is 2.24. The summed E-state index contributed by atoms with van der Waals surface area (Å²) >= 11 is 0. The summed E-state index contributed by atoms with van der Waals surface area (Å²) in [4.78, 5) is 33.7. The summed E-state index contributed by atoms with van der Waals surface area (Å²) in [6.07, 6.45) is 7.38. The largest absolute Gasteiger partial charge is 0.352 e. The second kappa shape index (κ2) is 9.38. The minimum atomic E-state index is 0.00380. The van der Waals surface area contributed by atoms with Crippen LogP contribution in [0.1, 0.15) is 47.4 Å². The van der Waals surface area contributed by atoms with E-state index in [2.05, 4.69) is 25.4 Å². The first-order valence-corrected chi connectivity index (χ1v) is 10.8. The fourth-order valence-corrected chi connectivity index (χ4v) is 4.51. The second-order valence-electron chi connectivity index (χ2n) is 8.37. The molecule has 2 aromatic rings. The van der Waals surface area contributed by atoms with E-state index < -0.39 is 0 Å². The van der Waals surface area contributed by atoms with Gasteiger partial charge in [0.05, 0.1) is 5.92 Å². The number of amides is 2. The SMILES string of the molecule is Cc1cc(C(=O)N2CCC(N3CCCC(C(=O)NCc4cccnc4)C3)CC2)n[nH]1. The zero-order chi connectivity index (χ0) is 20.9. The highest BCUT2D eigenvalue weighted by Gasteiger charge is 2.33. The van der Waals surface area contributed by atoms with E-state index in [4.69, 9.17) is 0 Å². The van der Waals surface area contributed by atoms with Crippen molar-refractivity contribution in [3.8, 4) is 0 Å². The summed E-state index contributed by atoms with van der Waals surface area (Å²) in [6.45, 7) is 5.74. The van der Waals surface area contributed by atoms with E-state index in [-0.39, 0.29) is 17.7 Å². The van der Waals surface area contributed by atoms with Gasteiger partial charge in [-0.3, -0.25) is 24.6 Å². The third-order valence-corrected chi connectivity index (χ3v) is 6.21. The lowest BCUT2D eigenvalue weighted by Gasteiger charge is -2.41. The zero-order valence-corrected chi connectivity index (χ0v) is 17.5. The molecule has 2 aromatic heterocycles. The number of nitrogens with zero attached hydrogens (tertiary/aromatic N) is 4. The van der Waals surface area contributed by atoms with Gasteiger partial charge >= 0.3 is 0 Å². The summed E-state index contributed by atoms with van der Waals surface area (Å²) in [6, 6.07) is 6.09. The number of likely N-dealkylation sites (tertiary alicyclic amines) is 2. The molecule has 2 N–H and O–H groups in total. The Balaban J connectivity index is 1.26. The van der Waals surface area contributed by atoms with Crippen molar-refractivity contribution in [1.29, 1.82) is 0 Å². The highest BCUT2D eigenvalue weighted by atomic mass is 16.2. The maximum Gasteiger partial charge on any atom is 0.274 e. The van der Waals surface area contributed by atoms with E-state index in [1.54, 1.807) is 18.5 Å². The average molecular weight is 411 g/mol. The first kappa shape index (κ1) is 20.5. The van der Waals surface area contributed by atoms with Crippen LogP contribution in [0, 0.1) is 12.8 Å². The van der Waals surface area contributed by atoms with Crippen LogP contribution in [0.25, 0.3) is 0 Å². The van der Waals surface area contributed by atoms with Crippen LogP contribution in [-0.2, 0) is 11.3 Å². The van der Waals surface area contributed by atoms with Crippen molar-refractivity contribution >= 4 is 11.8 Å². The van der Waals surface area contributed by atoms with Crippen molar-refractivity contribution in [3.63, 3.8) is 0 Å². The first-order chi connectivity index (χ1) is 14.6. The van der Waals surface area contributed by atoms with Gasteiger partial charge in [0, 0.05) is 50.3 Å². The molecule has 8 nitrogen and oxygen atoms in total. The van der Waals surface area contributed by atoms with Gasteiger partial charge < -0.3 is 10.2 Å². The maximum atomic E-state index is 12.7. The number of aryl methyl sites for hydroxylation is 1. The molecule has 0 spiro atoms. The van der Waals surface area contributed by atoms with Gasteiger partial charge in [-0.2, -0.15) is 5.10 Å². The van der Waals surface area contributed by atoms with Crippen molar-refractivity contribution in [2.75, 3.05) is 26.2 Å². The maximum absolute atomic E-state index is 12.7. The number of aromatic nitrogens is 3. The molecule has 0 bridgehead atoms. The number of pyridine rings is 1. The Hall–Kier alpha value is -2.74. The van der Waals surface area contributed by atoms with Crippen molar-refractivity contribution in [2.24, 2.45) is 5.92 Å². The number of H-pyrrole nitrogens is 1. The van der Waals surface area contributed by atoms with Gasteiger partial charge in [0.1, 0.15) is 5.69 Å². The molecular formula is C22H30N6O2. The summed E-state index contributed by atoms with van der Waals surface area (Å²) in [5.74, 6) is 0.163. The van der Waals surface area contributed by atoms with Crippen LogP contribution in [0.5, 0.6) is 0 Å². The van der Waals surface area contributed by atoms with Crippen LogP contribution >= 0.6 is 0 Å². The number of piperidine rings is 2. The van der Waals surface area contributed by atoms with Gasteiger partial charge in [-0.05, 0) is 56.8 Å². The van der Waals surface area contributed by atoms with E-state index in [0.29, 0.717) is 18.3 Å². The second-order valence-corrected chi connectivity index (χ2v) is 8.37. The minimum Gasteiger partial charge on any atom is -0.352 e. The standard InChI is InChI=1S/C22H30N6O2/c1-16-12-20(26-25-16)22(30)27-10-6-19(7-11-27)28-9-3-5-18(15-28)21(29)24-14-17-4-2-8-23-13-17/h2,4,8,12-13,18-19H,3,5-7,9-11,14-15H2,1H3,(H,24,29)(H,25,26). The monoisotopic (exact) mass is 410 g/mol. The Morgan fingerprint density at radius 3 is 2.77 bits per heavy atom. The minimum absolute atomic E-state index is 0.00380. The molecular weight excluding hydrogens is 380 g/mol. The van der Waals surface area contributed by atoms with Crippen molar-refractivity contribution < 1.29 is 9.59 Å². The molecule has 2 aliphatic heterocycles. The fraction of sp³-hybridized carbons (Fsp3) is 0.545. The van der Waals surface area contributed by atoms with Crippen LogP contribution in [0.15, 0.2) is 30.6 Å². The number of carbonyl (C=O) groups excluding carboxylic acids is 2. The smallest absolute Gasteiger partial charge is 0.274 e. The van der Waals surface area contributed by atoms with Crippen LogP contribution in [0.4, 0.5) is 0 Å². The molecule has 0 radical (unpaired) electrons. The third kappa shape index (κ3) is 4.87.